The van der Waals surface area contributed by atoms with E-state index in [4.69, 9.17) is 32.7 Å². The molecule has 0 aromatic carbocycles. The fourth-order valence-electron chi connectivity index (χ4n) is 5.75. The Morgan fingerprint density at radius 2 is 1.56 bits per heavy atom. The van der Waals surface area contributed by atoms with Crippen LogP contribution in [0.5, 0.6) is 0 Å². The van der Waals surface area contributed by atoms with Crippen molar-refractivity contribution in [3.63, 3.8) is 0 Å². The highest BCUT2D eigenvalue weighted by Gasteiger charge is 2.69. The van der Waals surface area contributed by atoms with Crippen molar-refractivity contribution in [3.05, 3.63) is 0 Å². The van der Waals surface area contributed by atoms with Gasteiger partial charge in [-0.25, -0.2) is 8.78 Å². The van der Waals surface area contributed by atoms with Crippen molar-refractivity contribution in [3.8, 4) is 0 Å². The number of rotatable bonds is 5. The smallest absolute Gasteiger partial charge is 0.254 e. The molecule has 32 heavy (non-hydrogen) atoms. The van der Waals surface area contributed by atoms with Crippen molar-refractivity contribution >= 4 is 35.0 Å². The molecule has 0 aromatic heterocycles. The molecular formula is C20H28Cl2F2N4O4. The molecular weight excluding hydrogens is 469 g/mol. The first-order valence-corrected chi connectivity index (χ1v) is 12.0. The van der Waals surface area contributed by atoms with Crippen LogP contribution < -0.4 is 21.3 Å². The van der Waals surface area contributed by atoms with Gasteiger partial charge in [-0.3, -0.25) is 9.59 Å². The molecule has 0 spiro atoms. The van der Waals surface area contributed by atoms with E-state index >= 15 is 0 Å². The van der Waals surface area contributed by atoms with Crippen LogP contribution in [0.2, 0.25) is 0 Å². The van der Waals surface area contributed by atoms with Crippen LogP contribution in [0.3, 0.4) is 0 Å². The molecule has 7 atom stereocenters. The third-order valence-corrected chi connectivity index (χ3v) is 8.50. The Labute approximate surface area is 194 Å². The zero-order chi connectivity index (χ0) is 22.7. The summed E-state index contributed by atoms with van der Waals surface area (Å²) in [4.78, 5) is 25.3. The molecule has 6 fully saturated rings. The highest BCUT2D eigenvalue weighted by molar-refractivity contribution is 6.30. The molecule has 4 aliphatic carbocycles. The van der Waals surface area contributed by atoms with Gasteiger partial charge in [0.2, 0.25) is 5.91 Å². The number of carbonyl (C=O) groups excluding carboxylic acids is 2. The number of nitrogens with one attached hydrogen (secondary N) is 4. The summed E-state index contributed by atoms with van der Waals surface area (Å²) in [6.07, 6.45) is -0.434. The van der Waals surface area contributed by atoms with E-state index in [1.807, 2.05) is 0 Å². The Balaban J connectivity index is 1.06. The normalized spacial score (nSPS) is 47.6. The van der Waals surface area contributed by atoms with Crippen LogP contribution in [0.1, 0.15) is 32.1 Å². The predicted molar refractivity (Wildman–Crippen MR) is 112 cm³/mol. The Bertz CT molecular complexity index is 750. The molecule has 0 radical (unpaired) electrons. The third-order valence-electron chi connectivity index (χ3n) is 7.41. The lowest BCUT2D eigenvalue weighted by Crippen LogP contribution is -2.85. The molecule has 2 heterocycles. The molecule has 6 rings (SSSR count). The van der Waals surface area contributed by atoms with Crippen molar-refractivity contribution < 1.29 is 27.8 Å². The molecule has 0 aromatic rings. The minimum absolute atomic E-state index is 0.0457. The van der Waals surface area contributed by atoms with Gasteiger partial charge in [-0.2, -0.15) is 0 Å². The third kappa shape index (κ3) is 4.22. The average molecular weight is 497 g/mol. The van der Waals surface area contributed by atoms with Gasteiger partial charge in [0, 0.05) is 24.2 Å². The van der Waals surface area contributed by atoms with Gasteiger partial charge in [-0.05, 0) is 32.1 Å². The van der Waals surface area contributed by atoms with E-state index in [1.54, 1.807) is 0 Å². The number of amides is 2. The van der Waals surface area contributed by atoms with Crippen LogP contribution >= 0.6 is 23.2 Å². The second kappa shape index (κ2) is 8.46. The summed E-state index contributed by atoms with van der Waals surface area (Å²) in [5, 5.41) is 11.3. The highest BCUT2D eigenvalue weighted by atomic mass is 35.5. The number of hydrogen-bond acceptors (Lipinski definition) is 6. The van der Waals surface area contributed by atoms with Gasteiger partial charge in [0.05, 0.1) is 41.7 Å². The highest BCUT2D eigenvalue weighted by Crippen LogP contribution is 2.60. The summed E-state index contributed by atoms with van der Waals surface area (Å²) in [6.45, 7) is 0.388. The van der Waals surface area contributed by atoms with E-state index in [0.29, 0.717) is 32.1 Å². The van der Waals surface area contributed by atoms with Crippen molar-refractivity contribution in [1.82, 2.24) is 21.3 Å². The second-order valence-corrected chi connectivity index (χ2v) is 11.0. The quantitative estimate of drug-likeness (QED) is 0.407. The minimum Gasteiger partial charge on any atom is -0.372 e. The Morgan fingerprint density at radius 3 is 2.16 bits per heavy atom. The van der Waals surface area contributed by atoms with Crippen LogP contribution in [-0.4, -0.2) is 90.2 Å². The standard InChI is InChI=1S/C20H28Cl2F2N4O4/c21-9-1-13-14(2-10(9)22)32-15(5-31-13)18(30)28-20-6-19(7-20,8-20)27-17(29)12-4-25-11(3-26-12)16(23)24/h9-16,25-26H,1-8H2,(H,27,29)(H,28,30). The zero-order valence-corrected chi connectivity index (χ0v) is 18.9. The first-order chi connectivity index (χ1) is 15.2. The van der Waals surface area contributed by atoms with E-state index in [9.17, 15) is 18.4 Å². The average Bonchev–Trinajstić information content (AvgIpc) is 2.71. The second-order valence-electron chi connectivity index (χ2n) is 9.92. The fraction of sp³-hybridized carbons (Fsp3) is 0.900. The predicted octanol–water partition coefficient (Wildman–Crippen LogP) is 0.250. The number of halogens is 4. The van der Waals surface area contributed by atoms with Crippen molar-refractivity contribution in [2.45, 2.75) is 90.8 Å². The molecule has 2 bridgehead atoms. The van der Waals surface area contributed by atoms with Crippen LogP contribution in [0.25, 0.3) is 0 Å². The van der Waals surface area contributed by atoms with Gasteiger partial charge >= 0.3 is 0 Å². The van der Waals surface area contributed by atoms with Gasteiger partial charge in [-0.15, -0.1) is 23.2 Å². The summed E-state index contributed by atoms with van der Waals surface area (Å²) in [7, 11) is 0. The first kappa shape index (κ1) is 23.0. The lowest BCUT2D eigenvalue weighted by atomic mass is 9.44. The molecule has 8 nitrogen and oxygen atoms in total. The molecule has 4 saturated carbocycles. The van der Waals surface area contributed by atoms with Gasteiger partial charge in [0.15, 0.2) is 6.10 Å². The molecule has 2 amide bonds. The molecule has 7 unspecified atom stereocenters. The van der Waals surface area contributed by atoms with Gasteiger partial charge in [0.1, 0.15) is 0 Å². The molecule has 6 aliphatic rings. The lowest BCUT2D eigenvalue weighted by molar-refractivity contribution is -0.200. The van der Waals surface area contributed by atoms with Crippen LogP contribution in [0.15, 0.2) is 0 Å². The molecule has 4 N–H and O–H groups in total. The molecule has 180 valence electrons. The lowest BCUT2D eigenvalue weighted by Gasteiger charge is -2.70. The number of fused-ring (bicyclic) bond motifs is 1. The van der Waals surface area contributed by atoms with Crippen LogP contribution in [-0.2, 0) is 19.1 Å². The van der Waals surface area contributed by atoms with Crippen molar-refractivity contribution in [2.24, 2.45) is 0 Å². The largest absolute Gasteiger partial charge is 0.372 e. The van der Waals surface area contributed by atoms with E-state index in [0.717, 1.165) is 0 Å². The van der Waals surface area contributed by atoms with Crippen LogP contribution in [0.4, 0.5) is 8.78 Å². The molecule has 12 heteroatoms. The Hall–Kier alpha value is -0.780. The van der Waals surface area contributed by atoms with E-state index < -0.39 is 24.6 Å². The summed E-state index contributed by atoms with van der Waals surface area (Å²) >= 11 is 12.5. The number of hydrogen-bond donors (Lipinski definition) is 4. The van der Waals surface area contributed by atoms with E-state index in [-0.39, 0.29) is 65.6 Å². The van der Waals surface area contributed by atoms with Crippen molar-refractivity contribution in [1.29, 1.82) is 0 Å². The number of ether oxygens (including phenoxy) is 2. The van der Waals surface area contributed by atoms with Crippen molar-refractivity contribution in [2.75, 3.05) is 19.7 Å². The topological polar surface area (TPSA) is 101 Å². The molecule has 2 aliphatic heterocycles. The summed E-state index contributed by atoms with van der Waals surface area (Å²) in [5.41, 5.74) is -0.655. The maximum atomic E-state index is 12.8. The zero-order valence-electron chi connectivity index (χ0n) is 17.4. The number of alkyl halides is 4. The maximum Gasteiger partial charge on any atom is 0.254 e. The summed E-state index contributed by atoms with van der Waals surface area (Å²) in [5.74, 6) is -0.413. The van der Waals surface area contributed by atoms with Gasteiger partial charge < -0.3 is 30.7 Å². The Morgan fingerprint density at radius 1 is 0.938 bits per heavy atom. The number of piperazine rings is 1. The minimum atomic E-state index is -2.47. The Kier molecular flexibility index (Phi) is 6.08. The maximum absolute atomic E-state index is 12.8. The summed E-state index contributed by atoms with van der Waals surface area (Å²) < 4.78 is 37.2. The number of carbonyl (C=O) groups is 2. The first-order valence-electron chi connectivity index (χ1n) is 11.1. The van der Waals surface area contributed by atoms with Gasteiger partial charge in [0.25, 0.3) is 12.3 Å². The molecule has 2 saturated heterocycles. The van der Waals surface area contributed by atoms with Crippen LogP contribution in [0, 0.1) is 0 Å². The monoisotopic (exact) mass is 496 g/mol. The van der Waals surface area contributed by atoms with Gasteiger partial charge in [-0.1, -0.05) is 0 Å². The fourth-order valence-corrected chi connectivity index (χ4v) is 6.31. The van der Waals surface area contributed by atoms with E-state index in [1.165, 1.54) is 0 Å². The SMILES string of the molecule is O=C(NC12CC(NC(=O)C3COC4CC(Cl)C(Cl)CC4O3)(C1)C2)C1CNC(C(F)F)CN1. The summed E-state index contributed by atoms with van der Waals surface area (Å²) in [6, 6.07) is -1.48. The van der Waals surface area contributed by atoms with E-state index in [2.05, 4.69) is 21.3 Å².